The molecule has 2 bridgehead atoms. The van der Waals surface area contributed by atoms with Crippen LogP contribution in [0.4, 0.5) is 8.78 Å². The lowest BCUT2D eigenvalue weighted by molar-refractivity contribution is -0.153. The van der Waals surface area contributed by atoms with Crippen LogP contribution in [-0.2, 0) is 9.53 Å². The highest BCUT2D eigenvalue weighted by atomic mass is 19.3. The van der Waals surface area contributed by atoms with Gasteiger partial charge in [0, 0.05) is 5.92 Å². The first-order chi connectivity index (χ1) is 7.15. The highest BCUT2D eigenvalue weighted by Crippen LogP contribution is 2.50. The second kappa shape index (κ2) is 3.91. The molecule has 4 atom stereocenters. The second-order valence-electron chi connectivity index (χ2n) is 4.14. The average molecular weight is 216 g/mol. The Bertz CT molecular complexity index is 288. The topological polar surface area (TPSA) is 26.3 Å². The minimum absolute atomic E-state index is 0.0342. The zero-order chi connectivity index (χ0) is 11.0. The molecule has 0 radical (unpaired) electrons. The number of rotatable bonds is 3. The number of carbonyl (C=O) groups is 1. The molecule has 0 amide bonds. The van der Waals surface area contributed by atoms with Crippen LogP contribution in [-0.4, -0.2) is 19.0 Å². The quantitative estimate of drug-likeness (QED) is 0.534. The van der Waals surface area contributed by atoms with Crippen LogP contribution in [0.25, 0.3) is 0 Å². The maximum Gasteiger partial charge on any atom is 0.310 e. The number of allylic oxidation sites excluding steroid dienone is 2. The second-order valence-corrected chi connectivity index (χ2v) is 4.14. The van der Waals surface area contributed by atoms with Crippen molar-refractivity contribution in [1.29, 1.82) is 0 Å². The summed E-state index contributed by atoms with van der Waals surface area (Å²) in [7, 11) is 0. The Kier molecular flexibility index (Phi) is 2.76. The van der Waals surface area contributed by atoms with E-state index in [2.05, 4.69) is 0 Å². The summed E-state index contributed by atoms with van der Waals surface area (Å²) >= 11 is 0. The van der Waals surface area contributed by atoms with Crippen molar-refractivity contribution in [2.75, 3.05) is 6.61 Å². The number of esters is 1. The fourth-order valence-corrected chi connectivity index (χ4v) is 2.77. The van der Waals surface area contributed by atoms with Crippen molar-refractivity contribution in [1.82, 2.24) is 0 Å². The van der Waals surface area contributed by atoms with Crippen LogP contribution in [0.5, 0.6) is 0 Å². The summed E-state index contributed by atoms with van der Waals surface area (Å²) in [6.07, 6.45) is 1.94. The highest BCUT2D eigenvalue weighted by Gasteiger charge is 2.52. The summed E-state index contributed by atoms with van der Waals surface area (Å²) in [5, 5.41) is 0. The molecule has 1 saturated carbocycles. The third-order valence-electron chi connectivity index (χ3n) is 3.37. The van der Waals surface area contributed by atoms with E-state index in [0.717, 1.165) is 0 Å². The molecular formula is C11H14F2O2. The summed E-state index contributed by atoms with van der Waals surface area (Å²) in [6.45, 7) is 1.95. The van der Waals surface area contributed by atoms with Crippen LogP contribution in [0.1, 0.15) is 13.3 Å². The minimum Gasteiger partial charge on any atom is -0.466 e. The molecule has 0 aromatic heterocycles. The lowest BCUT2D eigenvalue weighted by Gasteiger charge is -2.25. The summed E-state index contributed by atoms with van der Waals surface area (Å²) in [4.78, 5) is 11.6. The van der Waals surface area contributed by atoms with Crippen molar-refractivity contribution in [3.8, 4) is 0 Å². The molecule has 0 aliphatic heterocycles. The number of hydrogen-bond acceptors (Lipinski definition) is 2. The molecule has 1 fully saturated rings. The lowest BCUT2D eigenvalue weighted by atomic mass is 9.83. The molecule has 2 nitrogen and oxygen atoms in total. The van der Waals surface area contributed by atoms with Gasteiger partial charge in [0.05, 0.1) is 12.5 Å². The SMILES string of the molecule is CCOC(=O)[C@@H]1[C@@H](C(F)F)[C@@H]2C=C[C@H]1C2. The van der Waals surface area contributed by atoms with Crippen LogP contribution in [0.3, 0.4) is 0 Å². The van der Waals surface area contributed by atoms with Crippen molar-refractivity contribution in [3.63, 3.8) is 0 Å². The van der Waals surface area contributed by atoms with E-state index in [4.69, 9.17) is 4.74 Å². The predicted molar refractivity (Wildman–Crippen MR) is 50.4 cm³/mol. The van der Waals surface area contributed by atoms with Gasteiger partial charge in [-0.05, 0) is 25.2 Å². The van der Waals surface area contributed by atoms with Crippen molar-refractivity contribution < 1.29 is 18.3 Å². The Hall–Kier alpha value is -0.930. The third kappa shape index (κ3) is 1.66. The molecule has 0 aromatic carbocycles. The van der Waals surface area contributed by atoms with E-state index in [9.17, 15) is 13.6 Å². The van der Waals surface area contributed by atoms with E-state index < -0.39 is 24.2 Å². The van der Waals surface area contributed by atoms with Gasteiger partial charge in [-0.1, -0.05) is 12.2 Å². The van der Waals surface area contributed by atoms with E-state index in [-0.39, 0.29) is 18.4 Å². The van der Waals surface area contributed by atoms with E-state index in [1.807, 2.05) is 12.2 Å². The molecule has 0 unspecified atom stereocenters. The Morgan fingerprint density at radius 3 is 2.73 bits per heavy atom. The van der Waals surface area contributed by atoms with Gasteiger partial charge in [-0.3, -0.25) is 4.79 Å². The van der Waals surface area contributed by atoms with Crippen LogP contribution < -0.4 is 0 Å². The zero-order valence-electron chi connectivity index (χ0n) is 8.53. The molecule has 15 heavy (non-hydrogen) atoms. The van der Waals surface area contributed by atoms with Crippen molar-refractivity contribution in [2.45, 2.75) is 19.8 Å². The largest absolute Gasteiger partial charge is 0.466 e. The van der Waals surface area contributed by atoms with Crippen LogP contribution >= 0.6 is 0 Å². The van der Waals surface area contributed by atoms with Gasteiger partial charge in [-0.25, -0.2) is 8.78 Å². The van der Waals surface area contributed by atoms with Crippen molar-refractivity contribution in [2.24, 2.45) is 23.7 Å². The summed E-state index contributed by atoms with van der Waals surface area (Å²) in [5.74, 6) is -2.09. The lowest BCUT2D eigenvalue weighted by Crippen LogP contribution is -2.33. The molecule has 0 aromatic rings. The van der Waals surface area contributed by atoms with Gasteiger partial charge in [0.25, 0.3) is 0 Å². The van der Waals surface area contributed by atoms with E-state index in [1.54, 1.807) is 6.92 Å². The first kappa shape index (κ1) is 10.6. The summed E-state index contributed by atoms with van der Waals surface area (Å²) < 4.78 is 30.5. The molecule has 0 spiro atoms. The van der Waals surface area contributed by atoms with Crippen LogP contribution in [0.2, 0.25) is 0 Å². The maximum absolute atomic E-state index is 12.8. The van der Waals surface area contributed by atoms with Gasteiger partial charge in [0.15, 0.2) is 0 Å². The van der Waals surface area contributed by atoms with Gasteiger partial charge >= 0.3 is 5.97 Å². The van der Waals surface area contributed by atoms with Crippen molar-refractivity contribution in [3.05, 3.63) is 12.2 Å². The fraction of sp³-hybridized carbons (Fsp3) is 0.727. The average Bonchev–Trinajstić information content (AvgIpc) is 2.76. The first-order valence-corrected chi connectivity index (χ1v) is 5.28. The molecule has 2 aliphatic rings. The fourth-order valence-electron chi connectivity index (χ4n) is 2.77. The first-order valence-electron chi connectivity index (χ1n) is 5.28. The Balaban J connectivity index is 2.15. The predicted octanol–water partition coefficient (Wildman–Crippen LogP) is 2.25. The minimum atomic E-state index is -2.43. The normalized spacial score (nSPS) is 37.6. The number of ether oxygens (including phenoxy) is 1. The molecule has 2 rings (SSSR count). The highest BCUT2D eigenvalue weighted by molar-refractivity contribution is 5.74. The summed E-state index contributed by atoms with van der Waals surface area (Å²) in [5.41, 5.74) is 0. The number of carbonyl (C=O) groups excluding carboxylic acids is 1. The van der Waals surface area contributed by atoms with E-state index >= 15 is 0 Å². The van der Waals surface area contributed by atoms with Crippen molar-refractivity contribution >= 4 is 5.97 Å². The molecule has 2 aliphatic carbocycles. The molecule has 0 saturated heterocycles. The molecular weight excluding hydrogens is 202 g/mol. The Labute approximate surface area is 87.3 Å². The number of halogens is 2. The van der Waals surface area contributed by atoms with Crippen LogP contribution in [0, 0.1) is 23.7 Å². The molecule has 0 heterocycles. The van der Waals surface area contributed by atoms with E-state index in [0.29, 0.717) is 6.42 Å². The smallest absolute Gasteiger partial charge is 0.310 e. The standard InChI is InChI=1S/C11H14F2O2/c1-2-15-11(14)9-7-4-3-6(5-7)8(9)10(12)13/h3-4,6-10H,2,5H2,1H3/t6-,7+,8+,9+/m1/s1. The Morgan fingerprint density at radius 2 is 2.13 bits per heavy atom. The zero-order valence-corrected chi connectivity index (χ0v) is 8.53. The van der Waals surface area contributed by atoms with Gasteiger partial charge < -0.3 is 4.74 Å². The molecule has 4 heteroatoms. The molecule has 0 N–H and O–H groups in total. The van der Waals surface area contributed by atoms with Gasteiger partial charge in [-0.2, -0.15) is 0 Å². The van der Waals surface area contributed by atoms with Gasteiger partial charge in [0.2, 0.25) is 6.43 Å². The monoisotopic (exact) mass is 216 g/mol. The number of hydrogen-bond donors (Lipinski definition) is 0. The summed E-state index contributed by atoms with van der Waals surface area (Å²) in [6, 6.07) is 0. The van der Waals surface area contributed by atoms with E-state index in [1.165, 1.54) is 0 Å². The van der Waals surface area contributed by atoms with Gasteiger partial charge in [0.1, 0.15) is 0 Å². The van der Waals surface area contributed by atoms with Crippen LogP contribution in [0.15, 0.2) is 12.2 Å². The maximum atomic E-state index is 12.8. The molecule has 84 valence electrons. The third-order valence-corrected chi connectivity index (χ3v) is 3.37. The van der Waals surface area contributed by atoms with Gasteiger partial charge in [-0.15, -0.1) is 0 Å². The number of alkyl halides is 2. The number of fused-ring (bicyclic) bond motifs is 2. The Morgan fingerprint density at radius 1 is 1.47 bits per heavy atom.